The van der Waals surface area contributed by atoms with Gasteiger partial charge in [0.15, 0.2) is 0 Å². The molecule has 0 N–H and O–H groups in total. The zero-order valence-electron chi connectivity index (χ0n) is 17.8. The van der Waals surface area contributed by atoms with E-state index in [1.165, 1.54) is 17.0 Å². The van der Waals surface area contributed by atoms with Crippen LogP contribution in [0.5, 0.6) is 0 Å². The molecule has 0 saturated carbocycles. The van der Waals surface area contributed by atoms with Crippen molar-refractivity contribution in [3.8, 4) is 0 Å². The van der Waals surface area contributed by atoms with Crippen LogP contribution in [0.2, 0.25) is 0 Å². The average Bonchev–Trinajstić information content (AvgIpc) is 3.10. The molecule has 0 aliphatic heterocycles. The van der Waals surface area contributed by atoms with Crippen molar-refractivity contribution < 1.29 is 14.0 Å². The quantitative estimate of drug-likeness (QED) is 0.632. The molecule has 0 unspecified atom stereocenters. The standard InChI is InChI=1S/C22H30FN3O2S/c1-6-17(3)26(22(28)24(4)5)15-21(27)25(14-20-16(2)11-12-29-20)13-18-7-9-19(23)10-8-18/h7-12,17H,6,13-15H2,1-5H3/t17-/m0/s1. The van der Waals surface area contributed by atoms with Gasteiger partial charge in [0.2, 0.25) is 5.91 Å². The van der Waals surface area contributed by atoms with Gasteiger partial charge in [-0.25, -0.2) is 9.18 Å². The molecule has 158 valence electrons. The lowest BCUT2D eigenvalue weighted by Gasteiger charge is -2.33. The van der Waals surface area contributed by atoms with E-state index in [2.05, 4.69) is 0 Å². The van der Waals surface area contributed by atoms with E-state index in [0.717, 1.165) is 22.4 Å². The molecule has 7 heteroatoms. The highest BCUT2D eigenvalue weighted by molar-refractivity contribution is 7.10. The summed E-state index contributed by atoms with van der Waals surface area (Å²) < 4.78 is 13.3. The number of carbonyl (C=O) groups excluding carboxylic acids is 2. The molecule has 29 heavy (non-hydrogen) atoms. The van der Waals surface area contributed by atoms with Crippen molar-refractivity contribution in [2.45, 2.75) is 46.3 Å². The molecule has 0 aliphatic rings. The molecule has 3 amide bonds. The number of hydrogen-bond donors (Lipinski definition) is 0. The topological polar surface area (TPSA) is 43.9 Å². The second kappa shape index (κ2) is 10.4. The second-order valence-corrected chi connectivity index (χ2v) is 8.47. The summed E-state index contributed by atoms with van der Waals surface area (Å²) in [6, 6.07) is 7.97. The molecule has 0 aliphatic carbocycles. The first-order valence-corrected chi connectivity index (χ1v) is 10.6. The molecule has 0 radical (unpaired) electrons. The van der Waals surface area contributed by atoms with Crippen molar-refractivity contribution in [3.63, 3.8) is 0 Å². The zero-order chi connectivity index (χ0) is 21.6. The van der Waals surface area contributed by atoms with Gasteiger partial charge >= 0.3 is 6.03 Å². The molecule has 1 heterocycles. The molecule has 2 rings (SSSR count). The summed E-state index contributed by atoms with van der Waals surface area (Å²) in [6.07, 6.45) is 0.759. The summed E-state index contributed by atoms with van der Waals surface area (Å²) in [6.45, 7) is 6.80. The molecule has 2 aromatic rings. The van der Waals surface area contributed by atoms with Crippen LogP contribution < -0.4 is 0 Å². The highest BCUT2D eigenvalue weighted by Crippen LogP contribution is 2.20. The van der Waals surface area contributed by atoms with E-state index in [-0.39, 0.29) is 30.3 Å². The molecule has 0 saturated heterocycles. The SMILES string of the molecule is CC[C@H](C)N(CC(=O)N(Cc1ccc(F)cc1)Cc1sccc1C)C(=O)N(C)C. The fourth-order valence-corrected chi connectivity index (χ4v) is 3.84. The lowest BCUT2D eigenvalue weighted by molar-refractivity contribution is -0.133. The van der Waals surface area contributed by atoms with Gasteiger partial charge in [0.05, 0.1) is 6.54 Å². The van der Waals surface area contributed by atoms with Gasteiger partial charge in [-0.15, -0.1) is 11.3 Å². The average molecular weight is 420 g/mol. The van der Waals surface area contributed by atoms with Crippen LogP contribution in [0, 0.1) is 12.7 Å². The van der Waals surface area contributed by atoms with Gasteiger partial charge in [0, 0.05) is 31.6 Å². The second-order valence-electron chi connectivity index (χ2n) is 7.47. The minimum Gasteiger partial charge on any atom is -0.332 e. The third-order valence-electron chi connectivity index (χ3n) is 5.00. The van der Waals surface area contributed by atoms with Crippen LogP contribution in [-0.2, 0) is 17.9 Å². The van der Waals surface area contributed by atoms with Crippen molar-refractivity contribution in [2.24, 2.45) is 0 Å². The van der Waals surface area contributed by atoms with E-state index in [1.54, 1.807) is 47.4 Å². The van der Waals surface area contributed by atoms with Crippen LogP contribution in [0.3, 0.4) is 0 Å². The van der Waals surface area contributed by atoms with Crippen LogP contribution in [0.15, 0.2) is 35.7 Å². The summed E-state index contributed by atoms with van der Waals surface area (Å²) in [5.74, 6) is -0.433. The first-order chi connectivity index (χ1) is 13.7. The summed E-state index contributed by atoms with van der Waals surface area (Å²) in [5, 5.41) is 2.01. The first kappa shape index (κ1) is 22.9. The smallest absolute Gasteiger partial charge is 0.320 e. The highest BCUT2D eigenvalue weighted by atomic mass is 32.1. The predicted octanol–water partition coefficient (Wildman–Crippen LogP) is 4.51. The van der Waals surface area contributed by atoms with Crippen LogP contribution in [0.25, 0.3) is 0 Å². The molecule has 0 bridgehead atoms. The Morgan fingerprint density at radius 2 is 1.76 bits per heavy atom. The van der Waals surface area contributed by atoms with Crippen molar-refractivity contribution in [1.82, 2.24) is 14.7 Å². The fraction of sp³-hybridized carbons (Fsp3) is 0.455. The molecule has 1 aromatic heterocycles. The van der Waals surface area contributed by atoms with Gasteiger partial charge in [0.1, 0.15) is 12.4 Å². The van der Waals surface area contributed by atoms with E-state index in [1.807, 2.05) is 32.2 Å². The number of rotatable bonds is 8. The Morgan fingerprint density at radius 3 is 2.28 bits per heavy atom. The fourth-order valence-electron chi connectivity index (χ4n) is 2.92. The Balaban J connectivity index is 2.25. The van der Waals surface area contributed by atoms with Gasteiger partial charge in [0.25, 0.3) is 0 Å². The van der Waals surface area contributed by atoms with Gasteiger partial charge in [-0.3, -0.25) is 4.79 Å². The maximum Gasteiger partial charge on any atom is 0.320 e. The number of thiophene rings is 1. The minimum atomic E-state index is -0.305. The maximum absolute atomic E-state index is 13.3. The first-order valence-electron chi connectivity index (χ1n) is 9.76. The summed E-state index contributed by atoms with van der Waals surface area (Å²) in [7, 11) is 3.38. The maximum atomic E-state index is 13.3. The number of benzene rings is 1. The van der Waals surface area contributed by atoms with Crippen LogP contribution >= 0.6 is 11.3 Å². The molecular formula is C22H30FN3O2S. The molecule has 5 nitrogen and oxygen atoms in total. The Bertz CT molecular complexity index is 820. The van der Waals surface area contributed by atoms with Crippen molar-refractivity contribution >= 4 is 23.3 Å². The number of hydrogen-bond acceptors (Lipinski definition) is 3. The number of carbonyl (C=O) groups is 2. The summed E-state index contributed by atoms with van der Waals surface area (Å²) >= 11 is 1.61. The minimum absolute atomic E-state index is 0.0115. The Morgan fingerprint density at radius 1 is 1.10 bits per heavy atom. The highest BCUT2D eigenvalue weighted by Gasteiger charge is 2.26. The van der Waals surface area contributed by atoms with Gasteiger partial charge in [-0.05, 0) is 55.0 Å². The third kappa shape index (κ3) is 6.29. The Labute approximate surface area is 176 Å². The molecule has 0 spiro atoms. The van der Waals surface area contributed by atoms with E-state index in [0.29, 0.717) is 13.1 Å². The third-order valence-corrected chi connectivity index (χ3v) is 6.01. The Hall–Kier alpha value is -2.41. The Kier molecular flexibility index (Phi) is 8.20. The lowest BCUT2D eigenvalue weighted by Crippen LogP contribution is -2.49. The molecular weight excluding hydrogens is 389 g/mol. The molecule has 1 atom stereocenters. The van der Waals surface area contributed by atoms with Crippen LogP contribution in [-0.4, -0.2) is 53.3 Å². The number of urea groups is 1. The van der Waals surface area contributed by atoms with Crippen LogP contribution in [0.4, 0.5) is 9.18 Å². The molecule has 1 aromatic carbocycles. The van der Waals surface area contributed by atoms with E-state index in [9.17, 15) is 14.0 Å². The van der Waals surface area contributed by atoms with E-state index < -0.39 is 0 Å². The van der Waals surface area contributed by atoms with Crippen molar-refractivity contribution in [3.05, 3.63) is 57.5 Å². The monoisotopic (exact) mass is 419 g/mol. The normalized spacial score (nSPS) is 11.8. The lowest BCUT2D eigenvalue weighted by atomic mass is 10.2. The van der Waals surface area contributed by atoms with Crippen molar-refractivity contribution in [1.29, 1.82) is 0 Å². The van der Waals surface area contributed by atoms with Gasteiger partial charge in [-0.2, -0.15) is 0 Å². The number of halogens is 1. The van der Waals surface area contributed by atoms with Gasteiger partial charge < -0.3 is 14.7 Å². The van der Waals surface area contributed by atoms with E-state index in [4.69, 9.17) is 0 Å². The van der Waals surface area contributed by atoms with E-state index >= 15 is 0 Å². The summed E-state index contributed by atoms with van der Waals surface area (Å²) in [4.78, 5) is 31.8. The van der Waals surface area contributed by atoms with Crippen molar-refractivity contribution in [2.75, 3.05) is 20.6 Å². The predicted molar refractivity (Wildman–Crippen MR) is 115 cm³/mol. The van der Waals surface area contributed by atoms with Crippen LogP contribution in [0.1, 0.15) is 36.3 Å². The summed E-state index contributed by atoms with van der Waals surface area (Å²) in [5.41, 5.74) is 1.98. The largest absolute Gasteiger partial charge is 0.332 e. The molecule has 0 fully saturated rings. The zero-order valence-corrected chi connectivity index (χ0v) is 18.6. The number of aryl methyl sites for hydroxylation is 1. The number of nitrogens with zero attached hydrogens (tertiary/aromatic N) is 3. The number of amides is 3. The van der Waals surface area contributed by atoms with Gasteiger partial charge in [-0.1, -0.05) is 19.1 Å².